The van der Waals surface area contributed by atoms with Crippen molar-refractivity contribution in [1.82, 2.24) is 0 Å². The van der Waals surface area contributed by atoms with E-state index in [9.17, 15) is 13.2 Å². The molecule has 1 aliphatic rings. The molecule has 0 N–H and O–H groups in total. The molecule has 0 atom stereocenters. The lowest BCUT2D eigenvalue weighted by Crippen LogP contribution is -2.11. The number of allylic oxidation sites excluding steroid dienone is 2. The van der Waals surface area contributed by atoms with Crippen LogP contribution in [0.4, 0.5) is 13.2 Å². The van der Waals surface area contributed by atoms with E-state index in [1.54, 1.807) is 6.07 Å². The molecule has 0 aliphatic heterocycles. The van der Waals surface area contributed by atoms with E-state index in [0.29, 0.717) is 23.8 Å². The highest BCUT2D eigenvalue weighted by molar-refractivity contribution is 5.65. The van der Waals surface area contributed by atoms with Gasteiger partial charge < -0.3 is 0 Å². The van der Waals surface area contributed by atoms with E-state index in [1.807, 2.05) is 24.3 Å². The first-order valence-corrected chi connectivity index (χ1v) is 9.84. The summed E-state index contributed by atoms with van der Waals surface area (Å²) in [6, 6.07) is 11.8. The molecule has 1 nitrogen and oxygen atoms in total. The second-order valence-electron chi connectivity index (χ2n) is 7.42. The Morgan fingerprint density at radius 3 is 2.18 bits per heavy atom. The van der Waals surface area contributed by atoms with Crippen LogP contribution in [-0.4, -0.2) is 6.67 Å². The largest absolute Gasteiger partial charge is 0.251 e. The van der Waals surface area contributed by atoms with Gasteiger partial charge in [-0.1, -0.05) is 36.4 Å². The fourth-order valence-corrected chi connectivity index (χ4v) is 3.92. The molecule has 28 heavy (non-hydrogen) atoms. The lowest BCUT2D eigenvalue weighted by molar-refractivity contribution is 0.375. The van der Waals surface area contributed by atoms with Crippen molar-refractivity contribution in [3.05, 3.63) is 71.3 Å². The Kier molecular flexibility index (Phi) is 6.92. The second-order valence-corrected chi connectivity index (χ2v) is 7.42. The molecule has 0 bridgehead atoms. The van der Waals surface area contributed by atoms with E-state index in [2.05, 4.69) is 12.2 Å². The average Bonchev–Trinajstić information content (AvgIpc) is 2.72. The van der Waals surface area contributed by atoms with E-state index in [4.69, 9.17) is 5.26 Å². The van der Waals surface area contributed by atoms with E-state index >= 15 is 0 Å². The summed E-state index contributed by atoms with van der Waals surface area (Å²) in [6.45, 7) is -0.255. The molecule has 2 aromatic rings. The van der Waals surface area contributed by atoms with Crippen molar-refractivity contribution in [2.45, 2.75) is 44.4 Å². The number of nitrogens with zero attached hydrogens (tertiary/aromatic N) is 1. The molecule has 0 spiro atoms. The van der Waals surface area contributed by atoms with Crippen molar-refractivity contribution < 1.29 is 13.2 Å². The third-order valence-corrected chi connectivity index (χ3v) is 5.55. The molecule has 0 amide bonds. The Hall–Kier alpha value is -2.54. The first-order chi connectivity index (χ1) is 13.6. The van der Waals surface area contributed by atoms with Crippen LogP contribution in [-0.2, 0) is 0 Å². The SMILES string of the molecule is N#Cc1c(F)cc(-c2ccc(C3CCC(/C=C/CCCF)CC3)cc2)cc1F. The Balaban J connectivity index is 1.63. The van der Waals surface area contributed by atoms with Crippen LogP contribution < -0.4 is 0 Å². The maximum Gasteiger partial charge on any atom is 0.144 e. The van der Waals surface area contributed by atoms with Crippen molar-refractivity contribution >= 4 is 0 Å². The summed E-state index contributed by atoms with van der Waals surface area (Å²) in [5.74, 6) is -0.586. The molecular weight excluding hydrogens is 359 g/mol. The van der Waals surface area contributed by atoms with Gasteiger partial charge in [-0.2, -0.15) is 5.26 Å². The number of benzene rings is 2. The summed E-state index contributed by atoms with van der Waals surface area (Å²) in [6.07, 6.45) is 10.2. The van der Waals surface area contributed by atoms with Crippen LogP contribution in [0.15, 0.2) is 48.6 Å². The van der Waals surface area contributed by atoms with Gasteiger partial charge >= 0.3 is 0 Å². The molecule has 1 fully saturated rings. The van der Waals surface area contributed by atoms with Crippen molar-refractivity contribution in [2.75, 3.05) is 6.67 Å². The summed E-state index contributed by atoms with van der Waals surface area (Å²) in [5.41, 5.74) is 1.87. The Morgan fingerprint density at radius 1 is 0.964 bits per heavy atom. The third kappa shape index (κ3) is 4.84. The zero-order valence-electron chi connectivity index (χ0n) is 15.8. The number of alkyl halides is 1. The summed E-state index contributed by atoms with van der Waals surface area (Å²) >= 11 is 0. The first kappa shape index (κ1) is 20.2. The Morgan fingerprint density at radius 2 is 1.61 bits per heavy atom. The van der Waals surface area contributed by atoms with Crippen molar-refractivity contribution in [3.63, 3.8) is 0 Å². The number of halogens is 3. The lowest BCUT2D eigenvalue weighted by atomic mass is 9.78. The summed E-state index contributed by atoms with van der Waals surface area (Å²) in [5, 5.41) is 8.78. The second kappa shape index (κ2) is 9.59. The molecule has 4 heteroatoms. The normalized spacial score (nSPS) is 19.6. The molecule has 0 saturated heterocycles. The zero-order chi connectivity index (χ0) is 19.9. The Labute approximate surface area is 164 Å². The topological polar surface area (TPSA) is 23.8 Å². The highest BCUT2D eigenvalue weighted by Gasteiger charge is 2.21. The quantitative estimate of drug-likeness (QED) is 0.386. The van der Waals surface area contributed by atoms with Gasteiger partial charge in [0.25, 0.3) is 0 Å². The van der Waals surface area contributed by atoms with E-state index in [1.165, 1.54) is 17.7 Å². The average molecular weight is 383 g/mol. The molecule has 3 rings (SSSR count). The number of hydrogen-bond donors (Lipinski definition) is 0. The zero-order valence-corrected chi connectivity index (χ0v) is 15.8. The van der Waals surface area contributed by atoms with Crippen LogP contribution in [0.25, 0.3) is 11.1 Å². The summed E-state index contributed by atoms with van der Waals surface area (Å²) in [7, 11) is 0. The maximum absolute atomic E-state index is 13.8. The molecule has 1 aliphatic carbocycles. The van der Waals surface area contributed by atoms with E-state index in [-0.39, 0.29) is 6.67 Å². The molecule has 0 unspecified atom stereocenters. The van der Waals surface area contributed by atoms with Crippen LogP contribution in [0.5, 0.6) is 0 Å². The van der Waals surface area contributed by atoms with E-state index in [0.717, 1.165) is 37.7 Å². The van der Waals surface area contributed by atoms with Crippen LogP contribution in [0.3, 0.4) is 0 Å². The highest BCUT2D eigenvalue weighted by Crippen LogP contribution is 2.37. The summed E-state index contributed by atoms with van der Waals surface area (Å²) in [4.78, 5) is 0. The van der Waals surface area contributed by atoms with Gasteiger partial charge in [-0.05, 0) is 79.2 Å². The fraction of sp³-hybridized carbons (Fsp3) is 0.375. The molecule has 2 aromatic carbocycles. The van der Waals surface area contributed by atoms with Crippen LogP contribution in [0.2, 0.25) is 0 Å². The fourth-order valence-electron chi connectivity index (χ4n) is 3.92. The van der Waals surface area contributed by atoms with Crippen LogP contribution >= 0.6 is 0 Å². The van der Waals surface area contributed by atoms with Gasteiger partial charge in [0.05, 0.1) is 6.67 Å². The summed E-state index contributed by atoms with van der Waals surface area (Å²) < 4.78 is 39.8. The lowest BCUT2D eigenvalue weighted by Gasteiger charge is -2.27. The predicted molar refractivity (Wildman–Crippen MR) is 106 cm³/mol. The van der Waals surface area contributed by atoms with Gasteiger partial charge in [-0.3, -0.25) is 4.39 Å². The number of nitriles is 1. The monoisotopic (exact) mass is 383 g/mol. The molecule has 0 radical (unpaired) electrons. The van der Waals surface area contributed by atoms with Crippen molar-refractivity contribution in [3.8, 4) is 17.2 Å². The number of hydrogen-bond acceptors (Lipinski definition) is 1. The van der Waals surface area contributed by atoms with Gasteiger partial charge in [0, 0.05) is 0 Å². The Bertz CT molecular complexity index is 833. The van der Waals surface area contributed by atoms with Crippen LogP contribution in [0, 0.1) is 28.9 Å². The van der Waals surface area contributed by atoms with Crippen LogP contribution in [0.1, 0.15) is 55.6 Å². The highest BCUT2D eigenvalue weighted by atomic mass is 19.1. The number of unbranched alkanes of at least 4 members (excludes halogenated alkanes) is 1. The molecule has 1 saturated carbocycles. The predicted octanol–water partition coefficient (Wildman–Crippen LogP) is 7.08. The molecule has 146 valence electrons. The van der Waals surface area contributed by atoms with Gasteiger partial charge in [0.15, 0.2) is 0 Å². The van der Waals surface area contributed by atoms with Crippen molar-refractivity contribution in [1.29, 1.82) is 5.26 Å². The van der Waals surface area contributed by atoms with Gasteiger partial charge in [0.1, 0.15) is 23.3 Å². The van der Waals surface area contributed by atoms with Crippen molar-refractivity contribution in [2.24, 2.45) is 5.92 Å². The standard InChI is InChI=1S/C24H24F3N/c25-13-3-1-2-4-17-5-7-18(8-6-17)19-9-11-20(12-10-19)21-14-23(26)22(16-28)24(27)15-21/h2,4,9-12,14-15,17-18H,1,3,5-8,13H2/b4-2+. The van der Waals surface area contributed by atoms with Gasteiger partial charge in [-0.25, -0.2) is 8.78 Å². The van der Waals surface area contributed by atoms with Gasteiger partial charge in [0.2, 0.25) is 0 Å². The molecular formula is C24H24F3N. The van der Waals surface area contributed by atoms with E-state index < -0.39 is 17.2 Å². The minimum Gasteiger partial charge on any atom is -0.251 e. The smallest absolute Gasteiger partial charge is 0.144 e. The third-order valence-electron chi connectivity index (χ3n) is 5.55. The molecule has 0 aromatic heterocycles. The minimum atomic E-state index is -0.834. The maximum atomic E-state index is 13.8. The minimum absolute atomic E-state index is 0.255. The molecule has 0 heterocycles. The van der Waals surface area contributed by atoms with Gasteiger partial charge in [-0.15, -0.1) is 0 Å². The first-order valence-electron chi connectivity index (χ1n) is 9.84. The number of rotatable bonds is 6.